The molecule has 170 valence electrons. The Labute approximate surface area is 172 Å². The summed E-state index contributed by atoms with van der Waals surface area (Å²) in [6.45, 7) is 4.68. The van der Waals surface area contributed by atoms with Crippen LogP contribution >= 0.6 is 0 Å². The van der Waals surface area contributed by atoms with Gasteiger partial charge in [0, 0.05) is 0 Å². The van der Waals surface area contributed by atoms with Crippen molar-refractivity contribution in [1.29, 1.82) is 0 Å². The summed E-state index contributed by atoms with van der Waals surface area (Å²) in [6, 6.07) is -5.37. The summed E-state index contributed by atoms with van der Waals surface area (Å²) in [5.41, 5.74) is 10.5. The van der Waals surface area contributed by atoms with E-state index < -0.39 is 72.6 Å². The van der Waals surface area contributed by atoms with Crippen LogP contribution in [-0.4, -0.2) is 69.9 Å². The molecule has 0 saturated carbocycles. The first kappa shape index (κ1) is 26.8. The van der Waals surface area contributed by atoms with Crippen LogP contribution in [0.2, 0.25) is 0 Å². The molecule has 0 rings (SSSR count). The van der Waals surface area contributed by atoms with Gasteiger partial charge in [-0.05, 0) is 19.3 Å². The first-order chi connectivity index (χ1) is 13.7. The van der Waals surface area contributed by atoms with E-state index in [4.69, 9.17) is 21.7 Å². The lowest BCUT2D eigenvalue weighted by Gasteiger charge is -2.25. The molecule has 0 bridgehead atoms. The van der Waals surface area contributed by atoms with Crippen LogP contribution in [0.3, 0.4) is 0 Å². The number of primary amides is 1. The summed E-state index contributed by atoms with van der Waals surface area (Å²) >= 11 is 0. The summed E-state index contributed by atoms with van der Waals surface area (Å²) in [6.07, 6.45) is -1.14. The lowest BCUT2D eigenvalue weighted by Crippen LogP contribution is -2.57. The molecule has 0 saturated heterocycles. The molecule has 4 amide bonds. The number of hydrogen-bond donors (Lipinski definition) is 7. The zero-order chi connectivity index (χ0) is 23.6. The van der Waals surface area contributed by atoms with Gasteiger partial charge in [0.25, 0.3) is 0 Å². The van der Waals surface area contributed by atoms with E-state index >= 15 is 0 Å². The van der Waals surface area contributed by atoms with E-state index in [1.165, 1.54) is 6.92 Å². The lowest BCUT2D eigenvalue weighted by atomic mass is 10.0. The number of rotatable bonds is 13. The Kier molecular flexibility index (Phi) is 11.0. The number of nitrogens with one attached hydrogen (secondary N) is 3. The molecule has 0 aliphatic carbocycles. The Morgan fingerprint density at radius 1 is 0.800 bits per heavy atom. The van der Waals surface area contributed by atoms with E-state index in [1.54, 1.807) is 13.8 Å². The quantitative estimate of drug-likeness (QED) is 0.160. The molecular weight excluding hydrogens is 402 g/mol. The van der Waals surface area contributed by atoms with Gasteiger partial charge in [0.05, 0.1) is 18.9 Å². The van der Waals surface area contributed by atoms with Gasteiger partial charge >= 0.3 is 11.9 Å². The van der Waals surface area contributed by atoms with E-state index in [2.05, 4.69) is 16.0 Å². The minimum absolute atomic E-state index is 0.0906. The maximum Gasteiger partial charge on any atom is 0.325 e. The first-order valence-electron chi connectivity index (χ1n) is 9.14. The van der Waals surface area contributed by atoms with Gasteiger partial charge in [0.1, 0.15) is 18.1 Å². The Balaban J connectivity index is 5.38. The van der Waals surface area contributed by atoms with Crippen LogP contribution < -0.4 is 27.4 Å². The van der Waals surface area contributed by atoms with Crippen LogP contribution in [0, 0.1) is 5.92 Å². The fourth-order valence-corrected chi connectivity index (χ4v) is 2.32. The molecule has 0 aromatic heterocycles. The van der Waals surface area contributed by atoms with E-state index in [0.29, 0.717) is 0 Å². The highest BCUT2D eigenvalue weighted by atomic mass is 16.4. The van der Waals surface area contributed by atoms with Gasteiger partial charge in [-0.1, -0.05) is 13.8 Å². The molecule has 0 aromatic rings. The predicted octanol–water partition coefficient (Wildman–Crippen LogP) is -2.73. The molecule has 0 aliphatic rings. The van der Waals surface area contributed by atoms with Gasteiger partial charge < -0.3 is 37.6 Å². The second kappa shape index (κ2) is 12.4. The molecule has 30 heavy (non-hydrogen) atoms. The van der Waals surface area contributed by atoms with Gasteiger partial charge in [0.2, 0.25) is 23.6 Å². The van der Waals surface area contributed by atoms with Gasteiger partial charge in [-0.25, -0.2) is 0 Å². The first-order valence-corrected chi connectivity index (χ1v) is 9.14. The van der Waals surface area contributed by atoms with Crippen molar-refractivity contribution >= 4 is 35.6 Å². The number of carboxylic acids is 2. The van der Waals surface area contributed by atoms with Crippen molar-refractivity contribution in [2.75, 3.05) is 0 Å². The molecule has 0 aliphatic heterocycles. The molecule has 0 fully saturated rings. The maximum absolute atomic E-state index is 12.6. The zero-order valence-corrected chi connectivity index (χ0v) is 17.0. The molecule has 13 heteroatoms. The molecule has 9 N–H and O–H groups in total. The topological polar surface area (TPSA) is 231 Å². The van der Waals surface area contributed by atoms with Crippen LogP contribution in [0.5, 0.6) is 0 Å². The third-order valence-electron chi connectivity index (χ3n) is 3.84. The van der Waals surface area contributed by atoms with Gasteiger partial charge in [0.15, 0.2) is 0 Å². The van der Waals surface area contributed by atoms with Crippen LogP contribution in [-0.2, 0) is 28.8 Å². The number of amides is 4. The van der Waals surface area contributed by atoms with Crippen molar-refractivity contribution in [3.8, 4) is 0 Å². The number of carbonyl (C=O) groups is 6. The summed E-state index contributed by atoms with van der Waals surface area (Å²) in [5.74, 6) is -6.37. The SMILES string of the molecule is CC(C)CC(NC(=O)C(N)CC(N)=O)C(=O)NC(CC(=O)O)C(=O)NC(C)C(=O)O. The molecule has 4 unspecified atom stereocenters. The standard InChI is InChI=1S/C17H29N5O8/c1-7(2)4-10(21-14(26)9(18)5-12(19)23)16(28)22-11(6-13(24)25)15(27)20-8(3)17(29)30/h7-11H,4-6,18H2,1-3H3,(H2,19,23)(H,20,27)(H,21,26)(H,22,28)(H,24,25)(H,29,30). The number of nitrogens with two attached hydrogens (primary N) is 2. The van der Waals surface area contributed by atoms with Crippen LogP contribution in [0.1, 0.15) is 40.0 Å². The highest BCUT2D eigenvalue weighted by Crippen LogP contribution is 2.07. The van der Waals surface area contributed by atoms with Gasteiger partial charge in [-0.2, -0.15) is 0 Å². The minimum Gasteiger partial charge on any atom is -0.481 e. The number of carbonyl (C=O) groups excluding carboxylic acids is 4. The maximum atomic E-state index is 12.6. The highest BCUT2D eigenvalue weighted by Gasteiger charge is 2.31. The van der Waals surface area contributed by atoms with Crippen molar-refractivity contribution in [2.24, 2.45) is 17.4 Å². The smallest absolute Gasteiger partial charge is 0.325 e. The molecule has 0 aromatic carbocycles. The van der Waals surface area contributed by atoms with Crippen LogP contribution in [0.4, 0.5) is 0 Å². The molecule has 0 radical (unpaired) electrons. The van der Waals surface area contributed by atoms with Crippen LogP contribution in [0.25, 0.3) is 0 Å². The number of aliphatic carboxylic acids is 2. The molecule has 0 spiro atoms. The minimum atomic E-state index is -1.58. The molecule has 13 nitrogen and oxygen atoms in total. The normalized spacial score (nSPS) is 14.7. The molecule has 0 heterocycles. The van der Waals surface area contributed by atoms with E-state index in [-0.39, 0.29) is 12.3 Å². The Hall–Kier alpha value is -3.22. The Morgan fingerprint density at radius 2 is 1.30 bits per heavy atom. The van der Waals surface area contributed by atoms with Crippen molar-refractivity contribution in [3.05, 3.63) is 0 Å². The second-order valence-corrected chi connectivity index (χ2v) is 7.20. The summed E-state index contributed by atoms with van der Waals surface area (Å²) < 4.78 is 0. The van der Waals surface area contributed by atoms with Gasteiger partial charge in [-0.3, -0.25) is 28.8 Å². The average molecular weight is 431 g/mol. The molecule has 4 atom stereocenters. The largest absolute Gasteiger partial charge is 0.481 e. The van der Waals surface area contributed by atoms with E-state index in [0.717, 1.165) is 0 Å². The predicted molar refractivity (Wildman–Crippen MR) is 103 cm³/mol. The zero-order valence-electron chi connectivity index (χ0n) is 17.0. The van der Waals surface area contributed by atoms with E-state index in [1.807, 2.05) is 0 Å². The average Bonchev–Trinajstić information content (AvgIpc) is 2.58. The van der Waals surface area contributed by atoms with Crippen molar-refractivity contribution in [3.63, 3.8) is 0 Å². The summed E-state index contributed by atoms with van der Waals surface area (Å²) in [4.78, 5) is 69.8. The fraction of sp³-hybridized carbons (Fsp3) is 0.647. The van der Waals surface area contributed by atoms with Crippen molar-refractivity contribution in [1.82, 2.24) is 16.0 Å². The fourth-order valence-electron chi connectivity index (χ4n) is 2.32. The summed E-state index contributed by atoms with van der Waals surface area (Å²) in [7, 11) is 0. The van der Waals surface area contributed by atoms with Crippen LogP contribution in [0.15, 0.2) is 0 Å². The number of hydrogen-bond acceptors (Lipinski definition) is 7. The van der Waals surface area contributed by atoms with Crippen molar-refractivity contribution in [2.45, 2.75) is 64.2 Å². The Morgan fingerprint density at radius 3 is 1.73 bits per heavy atom. The Bertz CT molecular complexity index is 681. The molecular formula is C17H29N5O8. The van der Waals surface area contributed by atoms with E-state index in [9.17, 15) is 28.8 Å². The highest BCUT2D eigenvalue weighted by molar-refractivity contribution is 5.96. The van der Waals surface area contributed by atoms with Crippen molar-refractivity contribution < 1.29 is 39.0 Å². The second-order valence-electron chi connectivity index (χ2n) is 7.20. The monoisotopic (exact) mass is 431 g/mol. The summed E-state index contributed by atoms with van der Waals surface area (Å²) in [5, 5.41) is 24.5. The third kappa shape index (κ3) is 10.4. The third-order valence-corrected chi connectivity index (χ3v) is 3.84. The lowest BCUT2D eigenvalue weighted by molar-refractivity contribution is -0.143. The van der Waals surface area contributed by atoms with Gasteiger partial charge in [-0.15, -0.1) is 0 Å². The number of carboxylic acid groups (broad SMARTS) is 2.